The molecule has 0 unspecified atom stereocenters. The van der Waals surface area contributed by atoms with Crippen LogP contribution in [0.3, 0.4) is 0 Å². The second-order valence-electron chi connectivity index (χ2n) is 4.02. The van der Waals surface area contributed by atoms with Crippen molar-refractivity contribution in [2.75, 3.05) is 56.4 Å². The summed E-state index contributed by atoms with van der Waals surface area (Å²) in [5.74, 6) is 1.30. The second kappa shape index (κ2) is 9.79. The van der Waals surface area contributed by atoms with E-state index in [1.807, 2.05) is 20.1 Å². The van der Waals surface area contributed by atoms with E-state index in [0.29, 0.717) is 37.4 Å². The number of aromatic nitrogens is 2. The van der Waals surface area contributed by atoms with Gasteiger partial charge < -0.3 is 20.1 Å². The van der Waals surface area contributed by atoms with Gasteiger partial charge in [0.1, 0.15) is 11.6 Å². The van der Waals surface area contributed by atoms with Gasteiger partial charge in [0.15, 0.2) is 5.16 Å². The Bertz CT molecular complexity index is 383. The number of nitrogen functional groups attached to an aromatic ring is 1. The largest absolute Gasteiger partial charge is 0.383 e. The summed E-state index contributed by atoms with van der Waals surface area (Å²) in [6.07, 6.45) is 1.93. The third kappa shape index (κ3) is 5.94. The highest BCUT2D eigenvalue weighted by Gasteiger charge is 2.11. The van der Waals surface area contributed by atoms with E-state index in [1.165, 1.54) is 11.8 Å². The zero-order valence-electron chi connectivity index (χ0n) is 12.5. The van der Waals surface area contributed by atoms with Gasteiger partial charge in [-0.1, -0.05) is 11.8 Å². The fraction of sp³-hybridized carbons (Fsp3) is 0.692. The van der Waals surface area contributed by atoms with Crippen LogP contribution in [0.4, 0.5) is 11.6 Å². The number of anilines is 2. The van der Waals surface area contributed by atoms with Gasteiger partial charge in [-0.05, 0) is 20.1 Å². The molecule has 0 atom stereocenters. The fourth-order valence-electron chi connectivity index (χ4n) is 1.66. The van der Waals surface area contributed by atoms with Crippen molar-refractivity contribution < 1.29 is 9.47 Å². The molecule has 0 bridgehead atoms. The van der Waals surface area contributed by atoms with Crippen molar-refractivity contribution in [2.45, 2.75) is 19.0 Å². The van der Waals surface area contributed by atoms with Gasteiger partial charge in [0.2, 0.25) is 0 Å². The van der Waals surface area contributed by atoms with Gasteiger partial charge in [-0.25, -0.2) is 9.97 Å². The van der Waals surface area contributed by atoms with Crippen LogP contribution in [0.15, 0.2) is 11.2 Å². The molecule has 1 rings (SSSR count). The summed E-state index contributed by atoms with van der Waals surface area (Å²) in [5.41, 5.74) is 5.83. The lowest BCUT2D eigenvalue weighted by atomic mass is 10.4. The third-order valence-corrected chi connectivity index (χ3v) is 3.19. The Kier molecular flexibility index (Phi) is 8.32. The molecular weight excluding hydrogens is 276 g/mol. The molecule has 2 N–H and O–H groups in total. The Morgan fingerprint density at radius 2 is 1.75 bits per heavy atom. The first-order chi connectivity index (χ1) is 9.71. The molecule has 6 nitrogen and oxygen atoms in total. The minimum Gasteiger partial charge on any atom is -0.383 e. The van der Waals surface area contributed by atoms with E-state index in [2.05, 4.69) is 14.9 Å². The van der Waals surface area contributed by atoms with Crippen LogP contribution in [0.25, 0.3) is 0 Å². The summed E-state index contributed by atoms with van der Waals surface area (Å²) in [4.78, 5) is 10.8. The lowest BCUT2D eigenvalue weighted by Gasteiger charge is -2.24. The number of thioether (sulfide) groups is 1. The SMILES string of the molecule is CCOCCN(CCOCC)c1cc(N)nc(SC)n1. The van der Waals surface area contributed by atoms with Crippen LogP contribution < -0.4 is 10.6 Å². The number of hydrogen-bond donors (Lipinski definition) is 1. The van der Waals surface area contributed by atoms with E-state index in [4.69, 9.17) is 15.2 Å². The molecule has 1 aromatic heterocycles. The van der Waals surface area contributed by atoms with Crippen LogP contribution in [0.1, 0.15) is 13.8 Å². The summed E-state index contributed by atoms with van der Waals surface area (Å²) in [5, 5.41) is 0.679. The average Bonchev–Trinajstić information content (AvgIpc) is 2.45. The first-order valence-corrected chi connectivity index (χ1v) is 8.02. The van der Waals surface area contributed by atoms with Gasteiger partial charge >= 0.3 is 0 Å². The third-order valence-electron chi connectivity index (χ3n) is 2.64. The van der Waals surface area contributed by atoms with Crippen molar-refractivity contribution in [2.24, 2.45) is 0 Å². The smallest absolute Gasteiger partial charge is 0.191 e. The van der Waals surface area contributed by atoms with E-state index < -0.39 is 0 Å². The number of nitrogens with zero attached hydrogens (tertiary/aromatic N) is 3. The maximum atomic E-state index is 5.83. The normalized spacial score (nSPS) is 10.8. The van der Waals surface area contributed by atoms with Crippen molar-refractivity contribution >= 4 is 23.4 Å². The lowest BCUT2D eigenvalue weighted by Crippen LogP contribution is -2.32. The highest BCUT2D eigenvalue weighted by Crippen LogP contribution is 2.18. The molecule has 7 heteroatoms. The van der Waals surface area contributed by atoms with Crippen LogP contribution in [0.5, 0.6) is 0 Å². The number of nitrogens with two attached hydrogens (primary N) is 1. The van der Waals surface area contributed by atoms with Gasteiger partial charge in [0.25, 0.3) is 0 Å². The van der Waals surface area contributed by atoms with Crippen LogP contribution in [0, 0.1) is 0 Å². The van der Waals surface area contributed by atoms with Gasteiger partial charge in [0.05, 0.1) is 13.2 Å². The molecule has 0 aromatic carbocycles. The van der Waals surface area contributed by atoms with Gasteiger partial charge in [-0.15, -0.1) is 0 Å². The van der Waals surface area contributed by atoms with Crippen molar-refractivity contribution in [3.05, 3.63) is 6.07 Å². The predicted molar refractivity (Wildman–Crippen MR) is 83.4 cm³/mol. The minimum absolute atomic E-state index is 0.483. The van der Waals surface area contributed by atoms with Gasteiger partial charge in [-0.3, -0.25) is 0 Å². The highest BCUT2D eigenvalue weighted by molar-refractivity contribution is 7.98. The van der Waals surface area contributed by atoms with Gasteiger partial charge in [-0.2, -0.15) is 0 Å². The van der Waals surface area contributed by atoms with E-state index in [9.17, 15) is 0 Å². The average molecular weight is 300 g/mol. The van der Waals surface area contributed by atoms with Crippen molar-refractivity contribution in [1.82, 2.24) is 9.97 Å². The Hall–Kier alpha value is -1.05. The van der Waals surface area contributed by atoms with E-state index in [-0.39, 0.29) is 0 Å². The van der Waals surface area contributed by atoms with E-state index in [1.54, 1.807) is 6.07 Å². The molecule has 0 fully saturated rings. The number of ether oxygens (including phenoxy) is 2. The summed E-state index contributed by atoms with van der Waals surface area (Å²) < 4.78 is 10.8. The first kappa shape index (κ1) is 17.0. The van der Waals surface area contributed by atoms with E-state index >= 15 is 0 Å². The van der Waals surface area contributed by atoms with E-state index in [0.717, 1.165) is 18.9 Å². The highest BCUT2D eigenvalue weighted by atomic mass is 32.2. The first-order valence-electron chi connectivity index (χ1n) is 6.80. The maximum Gasteiger partial charge on any atom is 0.191 e. The summed E-state index contributed by atoms with van der Waals surface area (Å²) in [6, 6.07) is 1.79. The van der Waals surface area contributed by atoms with Crippen LogP contribution in [-0.4, -0.2) is 55.7 Å². The maximum absolute atomic E-state index is 5.83. The van der Waals surface area contributed by atoms with Crippen LogP contribution in [0.2, 0.25) is 0 Å². The molecular formula is C13H24N4O2S. The van der Waals surface area contributed by atoms with Crippen molar-refractivity contribution in [3.63, 3.8) is 0 Å². The molecule has 20 heavy (non-hydrogen) atoms. The molecule has 0 aliphatic rings. The fourth-order valence-corrected chi connectivity index (χ4v) is 2.04. The molecule has 0 amide bonds. The Morgan fingerprint density at radius 1 is 1.15 bits per heavy atom. The zero-order valence-corrected chi connectivity index (χ0v) is 13.3. The number of rotatable bonds is 10. The van der Waals surface area contributed by atoms with Crippen molar-refractivity contribution in [3.8, 4) is 0 Å². The molecule has 0 aliphatic carbocycles. The predicted octanol–water partition coefficient (Wildman–Crippen LogP) is 1.66. The van der Waals surface area contributed by atoms with Crippen LogP contribution in [-0.2, 0) is 9.47 Å². The summed E-state index contributed by atoms with van der Waals surface area (Å²) in [7, 11) is 0. The quantitative estimate of drug-likeness (QED) is 0.400. The molecule has 0 saturated heterocycles. The molecule has 114 valence electrons. The standard InChI is InChI=1S/C13H24N4O2S/c1-4-18-8-6-17(7-9-19-5-2)12-10-11(14)15-13(16-12)20-3/h10H,4-9H2,1-3H3,(H2,14,15,16). The zero-order chi connectivity index (χ0) is 14.8. The lowest BCUT2D eigenvalue weighted by molar-refractivity contribution is 0.141. The van der Waals surface area contributed by atoms with Crippen LogP contribution >= 0.6 is 11.8 Å². The topological polar surface area (TPSA) is 73.5 Å². The number of hydrogen-bond acceptors (Lipinski definition) is 7. The molecule has 0 saturated carbocycles. The summed E-state index contributed by atoms with van der Waals surface area (Å²) >= 11 is 1.48. The monoisotopic (exact) mass is 300 g/mol. The van der Waals surface area contributed by atoms with Crippen molar-refractivity contribution in [1.29, 1.82) is 0 Å². The molecule has 1 aromatic rings. The molecule has 1 heterocycles. The summed E-state index contributed by atoms with van der Waals surface area (Å²) in [6.45, 7) is 8.21. The Morgan fingerprint density at radius 3 is 2.25 bits per heavy atom. The molecule has 0 spiro atoms. The second-order valence-corrected chi connectivity index (χ2v) is 4.79. The minimum atomic E-state index is 0.483. The van der Waals surface area contributed by atoms with Gasteiger partial charge in [0, 0.05) is 32.4 Å². The Labute approximate surface area is 125 Å². The molecule has 0 radical (unpaired) electrons. The molecule has 0 aliphatic heterocycles. The Balaban J connectivity index is 2.75.